The molecule has 1 aliphatic rings. The van der Waals surface area contributed by atoms with Gasteiger partial charge in [-0.15, -0.1) is 0 Å². The molecule has 0 saturated carbocycles. The van der Waals surface area contributed by atoms with Crippen molar-refractivity contribution in [2.24, 2.45) is 0 Å². The van der Waals surface area contributed by atoms with E-state index < -0.39 is 23.6 Å². The molecule has 25 heavy (non-hydrogen) atoms. The summed E-state index contributed by atoms with van der Waals surface area (Å²) >= 11 is 6.22. The number of anilines is 1. The van der Waals surface area contributed by atoms with Crippen LogP contribution in [0.4, 0.5) is 14.5 Å². The van der Waals surface area contributed by atoms with Gasteiger partial charge in [0.05, 0.1) is 5.02 Å². The molecule has 0 radical (unpaired) electrons. The van der Waals surface area contributed by atoms with Crippen LogP contribution in [0.5, 0.6) is 0 Å². The van der Waals surface area contributed by atoms with Gasteiger partial charge in [0.1, 0.15) is 17.7 Å². The Morgan fingerprint density at radius 3 is 2.52 bits per heavy atom. The average Bonchev–Trinajstić information content (AvgIpc) is 2.60. The van der Waals surface area contributed by atoms with Crippen molar-refractivity contribution in [2.45, 2.75) is 25.9 Å². The number of hydrogen-bond acceptors (Lipinski definition) is 2. The molecule has 130 valence electrons. The second-order valence-electron chi connectivity index (χ2n) is 6.01. The van der Waals surface area contributed by atoms with Gasteiger partial charge in [-0.1, -0.05) is 17.2 Å². The minimum atomic E-state index is -1.17. The molecule has 1 unspecified atom stereocenters. The van der Waals surface area contributed by atoms with Crippen LogP contribution in [0.3, 0.4) is 0 Å². The Morgan fingerprint density at radius 2 is 1.80 bits per heavy atom. The summed E-state index contributed by atoms with van der Waals surface area (Å²) in [5, 5.41) is 12.8. The predicted molar refractivity (Wildman–Crippen MR) is 93.4 cm³/mol. The number of fused-ring (bicyclic) bond motifs is 1. The maximum Gasteiger partial charge on any atom is 0.253 e. The number of aliphatic hydroxyl groups is 1. The molecule has 6 heteroatoms. The van der Waals surface area contributed by atoms with E-state index in [1.165, 1.54) is 36.4 Å². The minimum absolute atomic E-state index is 0.190. The lowest BCUT2D eigenvalue weighted by Gasteiger charge is -2.17. The molecule has 3 nitrogen and oxygen atoms in total. The minimum Gasteiger partial charge on any atom is -0.383 e. The highest BCUT2D eigenvalue weighted by molar-refractivity contribution is 6.32. The van der Waals surface area contributed by atoms with Crippen LogP contribution >= 0.6 is 11.6 Å². The van der Waals surface area contributed by atoms with E-state index in [-0.39, 0.29) is 11.4 Å². The first kappa shape index (κ1) is 17.6. The Bertz CT molecular complexity index is 880. The molecule has 2 N–H and O–H groups in total. The molecule has 0 aliphatic carbocycles. The second kappa shape index (κ2) is 6.94. The molecule has 1 amide bonds. The van der Waals surface area contributed by atoms with Gasteiger partial charge in [-0.25, -0.2) is 8.78 Å². The normalized spacial score (nSPS) is 18.1. The summed E-state index contributed by atoms with van der Waals surface area (Å²) < 4.78 is 27.3. The topological polar surface area (TPSA) is 49.3 Å². The number of rotatable bonds is 1. The molecule has 2 aromatic rings. The van der Waals surface area contributed by atoms with E-state index in [0.717, 1.165) is 5.57 Å². The number of benzene rings is 2. The van der Waals surface area contributed by atoms with Gasteiger partial charge < -0.3 is 10.4 Å². The lowest BCUT2D eigenvalue weighted by atomic mass is 9.90. The smallest absolute Gasteiger partial charge is 0.253 e. The first-order valence-corrected chi connectivity index (χ1v) is 8.18. The second-order valence-corrected chi connectivity index (χ2v) is 6.42. The molecule has 3 rings (SSSR count). The molecule has 1 aliphatic heterocycles. The Hall–Kier alpha value is -2.24. The van der Waals surface area contributed by atoms with Crippen LogP contribution in [0.1, 0.15) is 30.9 Å². The van der Waals surface area contributed by atoms with Gasteiger partial charge in [0.15, 0.2) is 0 Å². The van der Waals surface area contributed by atoms with Gasteiger partial charge in [0, 0.05) is 16.8 Å². The van der Waals surface area contributed by atoms with Crippen molar-refractivity contribution in [3.63, 3.8) is 0 Å². The van der Waals surface area contributed by atoms with Gasteiger partial charge in [-0.3, -0.25) is 4.79 Å². The zero-order chi connectivity index (χ0) is 18.1. The fraction of sp³-hybridized carbons (Fsp3) is 0.211. The lowest BCUT2D eigenvalue weighted by Crippen LogP contribution is -2.27. The summed E-state index contributed by atoms with van der Waals surface area (Å²) in [6.45, 7) is 1.83. The number of halogens is 3. The van der Waals surface area contributed by atoms with Crippen LogP contribution in [-0.4, -0.2) is 17.1 Å². The number of nitrogens with one attached hydrogen (secondary N) is 1. The van der Waals surface area contributed by atoms with Crippen LogP contribution in [-0.2, 0) is 4.79 Å². The molecule has 1 atom stereocenters. The number of carbonyl (C=O) groups excluding carboxylic acids is 1. The van der Waals surface area contributed by atoms with Crippen LogP contribution in [0.15, 0.2) is 42.0 Å². The van der Waals surface area contributed by atoms with Gasteiger partial charge in [-0.2, -0.15) is 0 Å². The SMILES string of the molecule is CC1=C(c2ccc(F)cc2Cl)c2cc(F)ccc2NC(=O)C(O)CC1. The van der Waals surface area contributed by atoms with Gasteiger partial charge in [-0.05, 0) is 61.7 Å². The summed E-state index contributed by atoms with van der Waals surface area (Å²) in [7, 11) is 0. The maximum atomic E-state index is 13.9. The molecule has 0 spiro atoms. The maximum absolute atomic E-state index is 13.9. The first-order chi connectivity index (χ1) is 11.9. The van der Waals surface area contributed by atoms with E-state index >= 15 is 0 Å². The van der Waals surface area contributed by atoms with Crippen molar-refractivity contribution < 1.29 is 18.7 Å². The fourth-order valence-electron chi connectivity index (χ4n) is 2.95. The number of allylic oxidation sites excluding steroid dienone is 1. The highest BCUT2D eigenvalue weighted by atomic mass is 35.5. The summed E-state index contributed by atoms with van der Waals surface area (Å²) in [4.78, 5) is 12.1. The molecule has 0 saturated heterocycles. The number of amides is 1. The zero-order valence-corrected chi connectivity index (χ0v) is 14.2. The van der Waals surface area contributed by atoms with E-state index in [9.17, 15) is 18.7 Å². The number of carbonyl (C=O) groups is 1. The Labute approximate surface area is 148 Å². The van der Waals surface area contributed by atoms with E-state index in [4.69, 9.17) is 11.6 Å². The van der Waals surface area contributed by atoms with E-state index in [2.05, 4.69) is 5.32 Å². The highest BCUT2D eigenvalue weighted by Crippen LogP contribution is 2.38. The van der Waals surface area contributed by atoms with Crippen molar-refractivity contribution in [1.82, 2.24) is 0 Å². The summed E-state index contributed by atoms with van der Waals surface area (Å²) in [5.74, 6) is -1.50. The van der Waals surface area contributed by atoms with Gasteiger partial charge >= 0.3 is 0 Å². The summed E-state index contributed by atoms with van der Waals surface area (Å²) in [5.41, 5.74) is 2.78. The van der Waals surface area contributed by atoms with Gasteiger partial charge in [0.2, 0.25) is 0 Å². The van der Waals surface area contributed by atoms with Crippen molar-refractivity contribution in [1.29, 1.82) is 0 Å². The molecule has 0 aromatic heterocycles. The lowest BCUT2D eigenvalue weighted by molar-refractivity contribution is -0.124. The molecular formula is C19H16ClF2NO2. The first-order valence-electron chi connectivity index (χ1n) is 7.81. The standard InChI is InChI=1S/C19H16ClF2NO2/c1-10-2-7-17(24)19(25)23-16-6-4-11(21)8-14(16)18(10)13-5-3-12(22)9-15(13)20/h3-6,8-9,17,24H,2,7H2,1H3,(H,23,25). The van der Waals surface area contributed by atoms with E-state index in [0.29, 0.717) is 28.8 Å². The third-order valence-electron chi connectivity index (χ3n) is 4.23. The van der Waals surface area contributed by atoms with E-state index in [1.807, 2.05) is 6.92 Å². The van der Waals surface area contributed by atoms with Crippen molar-refractivity contribution >= 4 is 28.8 Å². The number of aliphatic hydroxyl groups excluding tert-OH is 1. The number of hydrogen-bond donors (Lipinski definition) is 2. The van der Waals surface area contributed by atoms with Crippen LogP contribution in [0, 0.1) is 11.6 Å². The van der Waals surface area contributed by atoms with Crippen LogP contribution in [0.25, 0.3) is 5.57 Å². The fourth-order valence-corrected chi connectivity index (χ4v) is 3.22. The Morgan fingerprint density at radius 1 is 1.12 bits per heavy atom. The Kier molecular flexibility index (Phi) is 4.88. The highest BCUT2D eigenvalue weighted by Gasteiger charge is 2.23. The van der Waals surface area contributed by atoms with Gasteiger partial charge in [0.25, 0.3) is 5.91 Å². The zero-order valence-electron chi connectivity index (χ0n) is 13.4. The predicted octanol–water partition coefficient (Wildman–Crippen LogP) is 4.53. The molecule has 2 aromatic carbocycles. The average molecular weight is 364 g/mol. The van der Waals surface area contributed by atoms with Crippen molar-refractivity contribution in [2.75, 3.05) is 5.32 Å². The summed E-state index contributed by atoms with van der Waals surface area (Å²) in [6.07, 6.45) is -0.541. The largest absolute Gasteiger partial charge is 0.383 e. The Balaban J connectivity index is 2.28. The molecular weight excluding hydrogens is 348 g/mol. The third kappa shape index (κ3) is 3.57. The third-order valence-corrected chi connectivity index (χ3v) is 4.54. The quantitative estimate of drug-likeness (QED) is 0.781. The molecule has 0 bridgehead atoms. The molecule has 0 fully saturated rings. The summed E-state index contributed by atoms with van der Waals surface area (Å²) in [6, 6.07) is 7.96. The molecule has 1 heterocycles. The monoisotopic (exact) mass is 363 g/mol. The van der Waals surface area contributed by atoms with Crippen molar-refractivity contribution in [3.05, 3.63) is 69.8 Å². The van der Waals surface area contributed by atoms with Crippen molar-refractivity contribution in [3.8, 4) is 0 Å². The van der Waals surface area contributed by atoms with Crippen LogP contribution < -0.4 is 5.32 Å². The van der Waals surface area contributed by atoms with Crippen LogP contribution in [0.2, 0.25) is 5.02 Å². The van der Waals surface area contributed by atoms with E-state index in [1.54, 1.807) is 0 Å².